The minimum Gasteiger partial charge on any atom is -0.467 e. The first-order chi connectivity index (χ1) is 8.28. The minimum atomic E-state index is 0.317. The van der Waals surface area contributed by atoms with Crippen LogP contribution in [0.1, 0.15) is 17.3 Å². The molecule has 0 aliphatic heterocycles. The van der Waals surface area contributed by atoms with E-state index in [0.717, 1.165) is 11.5 Å². The Balaban J connectivity index is 1.92. The predicted octanol–water partition coefficient (Wildman–Crippen LogP) is 1.38. The molecule has 0 radical (unpaired) electrons. The van der Waals surface area contributed by atoms with Crippen molar-refractivity contribution >= 4 is 5.82 Å². The summed E-state index contributed by atoms with van der Waals surface area (Å²) in [6.07, 6.45) is 1.61. The van der Waals surface area contributed by atoms with Gasteiger partial charge in [0.1, 0.15) is 24.8 Å². The number of hydrogen-bond donors (Lipinski definition) is 2. The molecule has 0 fully saturated rings. The van der Waals surface area contributed by atoms with E-state index in [1.54, 1.807) is 12.3 Å². The van der Waals surface area contributed by atoms with Gasteiger partial charge >= 0.3 is 0 Å². The summed E-state index contributed by atoms with van der Waals surface area (Å²) in [7, 11) is 0. The summed E-state index contributed by atoms with van der Waals surface area (Å²) in [5, 5.41) is 0. The van der Waals surface area contributed by atoms with Gasteiger partial charge in [-0.1, -0.05) is 0 Å². The van der Waals surface area contributed by atoms with Crippen molar-refractivity contribution < 1.29 is 9.15 Å². The third kappa shape index (κ3) is 3.27. The number of nitrogen functional groups attached to an aromatic ring is 1. The average molecular weight is 234 g/mol. The number of aromatic nitrogens is 2. The van der Waals surface area contributed by atoms with E-state index in [-0.39, 0.29) is 0 Å². The van der Waals surface area contributed by atoms with E-state index in [1.165, 1.54) is 0 Å². The van der Waals surface area contributed by atoms with Crippen LogP contribution in [0.15, 0.2) is 28.9 Å². The lowest BCUT2D eigenvalue weighted by molar-refractivity contribution is 0.0881. The Labute approximate surface area is 98.8 Å². The number of nitrogens with zero attached hydrogens (tertiary/aromatic N) is 2. The lowest BCUT2D eigenvalue weighted by Gasteiger charge is -2.05. The largest absolute Gasteiger partial charge is 0.467 e. The number of anilines is 1. The number of nitrogens with one attached hydrogen (secondary N) is 1. The van der Waals surface area contributed by atoms with E-state index in [4.69, 9.17) is 15.0 Å². The normalized spacial score (nSPS) is 10.5. The molecule has 0 aliphatic carbocycles. The fourth-order valence-corrected chi connectivity index (χ4v) is 1.41. The maximum Gasteiger partial charge on any atom is 0.156 e. The first-order valence-corrected chi connectivity index (χ1v) is 5.19. The number of hydrogen-bond acceptors (Lipinski definition) is 6. The van der Waals surface area contributed by atoms with E-state index in [0.29, 0.717) is 24.9 Å². The van der Waals surface area contributed by atoms with E-state index in [2.05, 4.69) is 15.4 Å². The summed E-state index contributed by atoms with van der Waals surface area (Å²) in [5.74, 6) is 7.24. The van der Waals surface area contributed by atoms with Gasteiger partial charge in [0, 0.05) is 11.8 Å². The SMILES string of the molecule is Cc1cc(NN)nc(COCc2ccco2)n1. The molecule has 90 valence electrons. The summed E-state index contributed by atoms with van der Waals surface area (Å²) in [6.45, 7) is 2.59. The molecular formula is C11H14N4O2. The van der Waals surface area contributed by atoms with Gasteiger partial charge < -0.3 is 14.6 Å². The molecule has 0 saturated heterocycles. The zero-order chi connectivity index (χ0) is 12.1. The van der Waals surface area contributed by atoms with Crippen LogP contribution in [0.2, 0.25) is 0 Å². The van der Waals surface area contributed by atoms with Crippen molar-refractivity contribution in [1.82, 2.24) is 9.97 Å². The van der Waals surface area contributed by atoms with Gasteiger partial charge in [-0.15, -0.1) is 0 Å². The van der Waals surface area contributed by atoms with Crippen LogP contribution in [0.25, 0.3) is 0 Å². The topological polar surface area (TPSA) is 86.2 Å². The highest BCUT2D eigenvalue weighted by atomic mass is 16.5. The zero-order valence-corrected chi connectivity index (χ0v) is 9.51. The number of aryl methyl sites for hydroxylation is 1. The molecule has 0 saturated carbocycles. The van der Waals surface area contributed by atoms with Crippen molar-refractivity contribution in [3.8, 4) is 0 Å². The van der Waals surface area contributed by atoms with Gasteiger partial charge in [-0.05, 0) is 19.1 Å². The molecule has 2 heterocycles. The lowest BCUT2D eigenvalue weighted by Crippen LogP contribution is -2.11. The molecule has 0 spiro atoms. The number of ether oxygens (including phenoxy) is 1. The zero-order valence-electron chi connectivity index (χ0n) is 9.51. The molecule has 17 heavy (non-hydrogen) atoms. The Morgan fingerprint density at radius 3 is 3.00 bits per heavy atom. The van der Waals surface area contributed by atoms with Crippen molar-refractivity contribution in [2.24, 2.45) is 5.84 Å². The second-order valence-corrected chi connectivity index (χ2v) is 3.53. The number of rotatable bonds is 5. The highest BCUT2D eigenvalue weighted by Gasteiger charge is 2.02. The van der Waals surface area contributed by atoms with E-state index in [9.17, 15) is 0 Å². The number of nitrogens with two attached hydrogens (primary N) is 1. The fraction of sp³-hybridized carbons (Fsp3) is 0.273. The van der Waals surface area contributed by atoms with Crippen LogP contribution in [-0.4, -0.2) is 9.97 Å². The van der Waals surface area contributed by atoms with Crippen molar-refractivity contribution in [3.63, 3.8) is 0 Å². The third-order valence-corrected chi connectivity index (χ3v) is 2.10. The third-order valence-electron chi connectivity index (χ3n) is 2.10. The molecule has 0 unspecified atom stereocenters. The molecule has 2 aromatic heterocycles. The van der Waals surface area contributed by atoms with Crippen molar-refractivity contribution in [3.05, 3.63) is 41.7 Å². The van der Waals surface area contributed by atoms with E-state index < -0.39 is 0 Å². The van der Waals surface area contributed by atoms with E-state index >= 15 is 0 Å². The fourth-order valence-electron chi connectivity index (χ4n) is 1.41. The maximum absolute atomic E-state index is 5.43. The summed E-state index contributed by atoms with van der Waals surface area (Å²) >= 11 is 0. The Bertz CT molecular complexity index is 470. The van der Waals surface area contributed by atoms with Gasteiger partial charge in [0.25, 0.3) is 0 Å². The molecule has 6 nitrogen and oxygen atoms in total. The molecular weight excluding hydrogens is 220 g/mol. The molecule has 2 rings (SSSR count). The van der Waals surface area contributed by atoms with Gasteiger partial charge in [0.2, 0.25) is 0 Å². The van der Waals surface area contributed by atoms with Crippen LogP contribution in [0.5, 0.6) is 0 Å². The van der Waals surface area contributed by atoms with Crippen LogP contribution < -0.4 is 11.3 Å². The van der Waals surface area contributed by atoms with Crippen LogP contribution in [0.3, 0.4) is 0 Å². The number of hydrazine groups is 1. The van der Waals surface area contributed by atoms with Crippen LogP contribution in [-0.2, 0) is 18.0 Å². The van der Waals surface area contributed by atoms with Crippen molar-refractivity contribution in [2.75, 3.05) is 5.43 Å². The Morgan fingerprint density at radius 1 is 1.41 bits per heavy atom. The van der Waals surface area contributed by atoms with Gasteiger partial charge in [-0.3, -0.25) is 0 Å². The van der Waals surface area contributed by atoms with E-state index in [1.807, 2.05) is 19.1 Å². The van der Waals surface area contributed by atoms with Crippen LogP contribution in [0.4, 0.5) is 5.82 Å². The van der Waals surface area contributed by atoms with Gasteiger partial charge in [0.15, 0.2) is 5.82 Å². The quantitative estimate of drug-likeness (QED) is 0.600. The summed E-state index contributed by atoms with van der Waals surface area (Å²) in [5.41, 5.74) is 3.32. The molecule has 0 atom stereocenters. The standard InChI is InChI=1S/C11H14N4O2/c1-8-5-10(15-12)14-11(13-8)7-16-6-9-3-2-4-17-9/h2-5H,6-7,12H2,1H3,(H,13,14,15). The van der Waals surface area contributed by atoms with Gasteiger partial charge in [-0.25, -0.2) is 15.8 Å². The monoisotopic (exact) mass is 234 g/mol. The molecule has 0 aromatic carbocycles. The molecule has 0 amide bonds. The molecule has 3 N–H and O–H groups in total. The van der Waals surface area contributed by atoms with Gasteiger partial charge in [0.05, 0.1) is 6.26 Å². The first-order valence-electron chi connectivity index (χ1n) is 5.19. The summed E-state index contributed by atoms with van der Waals surface area (Å²) < 4.78 is 10.6. The highest BCUT2D eigenvalue weighted by molar-refractivity contribution is 5.33. The highest BCUT2D eigenvalue weighted by Crippen LogP contribution is 2.07. The Morgan fingerprint density at radius 2 is 2.29 bits per heavy atom. The molecule has 0 aliphatic rings. The Kier molecular flexibility index (Phi) is 3.69. The number of furan rings is 1. The molecule has 0 bridgehead atoms. The van der Waals surface area contributed by atoms with Gasteiger partial charge in [-0.2, -0.15) is 0 Å². The van der Waals surface area contributed by atoms with Crippen molar-refractivity contribution in [1.29, 1.82) is 0 Å². The van der Waals surface area contributed by atoms with Crippen LogP contribution in [0, 0.1) is 6.92 Å². The minimum absolute atomic E-state index is 0.317. The second kappa shape index (κ2) is 5.42. The second-order valence-electron chi connectivity index (χ2n) is 3.53. The predicted molar refractivity (Wildman–Crippen MR) is 61.8 cm³/mol. The smallest absolute Gasteiger partial charge is 0.156 e. The lowest BCUT2D eigenvalue weighted by atomic mass is 10.4. The van der Waals surface area contributed by atoms with Crippen molar-refractivity contribution in [2.45, 2.75) is 20.1 Å². The molecule has 2 aromatic rings. The first kappa shape index (κ1) is 11.6. The summed E-state index contributed by atoms with van der Waals surface area (Å²) in [4.78, 5) is 8.41. The Hall–Kier alpha value is -1.92. The molecule has 6 heteroatoms. The van der Waals surface area contributed by atoms with Crippen LogP contribution >= 0.6 is 0 Å². The maximum atomic E-state index is 5.43. The average Bonchev–Trinajstić information content (AvgIpc) is 2.81. The summed E-state index contributed by atoms with van der Waals surface area (Å²) in [6, 6.07) is 5.43.